The predicted octanol–water partition coefficient (Wildman–Crippen LogP) is 22.8. The van der Waals surface area contributed by atoms with Gasteiger partial charge in [-0.05, 0) is 212 Å². The summed E-state index contributed by atoms with van der Waals surface area (Å²) in [6, 6.07) is 63.2. The normalized spacial score (nSPS) is 17.2. The van der Waals surface area contributed by atoms with Crippen LogP contribution in [-0.4, -0.2) is 142 Å². The first kappa shape index (κ1) is 98.8. The minimum atomic E-state index is -1.94. The molecule has 16 rings (SSSR count). The Morgan fingerprint density at radius 3 is 0.879 bits per heavy atom. The van der Waals surface area contributed by atoms with Crippen LogP contribution < -0.4 is 19.6 Å². The lowest BCUT2D eigenvalue weighted by molar-refractivity contribution is -0.142. The van der Waals surface area contributed by atoms with Crippen molar-refractivity contribution >= 4 is 139 Å². The van der Waals surface area contributed by atoms with Crippen LogP contribution in [0.3, 0.4) is 0 Å². The highest BCUT2D eigenvalue weighted by Crippen LogP contribution is 2.44. The van der Waals surface area contributed by atoms with E-state index in [9.17, 15) is 74.7 Å². The third kappa shape index (κ3) is 23.4. The number of aryl methyl sites for hydroxylation is 4. The van der Waals surface area contributed by atoms with Gasteiger partial charge in [0.25, 0.3) is 23.6 Å². The molecule has 4 amide bonds. The van der Waals surface area contributed by atoms with Gasteiger partial charge in [-0.3, -0.25) is 19.2 Å². The molecule has 688 valence electrons. The van der Waals surface area contributed by atoms with Gasteiger partial charge in [0, 0.05) is 121 Å². The summed E-state index contributed by atoms with van der Waals surface area (Å²) in [6.45, 7) is 11.5. The van der Waals surface area contributed by atoms with Gasteiger partial charge in [0.05, 0.1) is 72.6 Å². The Morgan fingerprint density at radius 1 is 0.280 bits per heavy atom. The van der Waals surface area contributed by atoms with Gasteiger partial charge in [-0.15, -0.1) is 0 Å². The van der Waals surface area contributed by atoms with E-state index >= 15 is 0 Å². The summed E-state index contributed by atoms with van der Waals surface area (Å²) >= 11 is 50.4. The topological polar surface area (TPSA) is 175 Å². The van der Waals surface area contributed by atoms with Gasteiger partial charge >= 0.3 is 0 Å². The monoisotopic (exact) mass is 1960 g/mol. The lowest BCUT2D eigenvalue weighted by Crippen LogP contribution is -2.52. The average Bonchev–Trinajstić information content (AvgIpc) is 0.788. The van der Waals surface area contributed by atoms with E-state index < -0.39 is 100 Å². The Balaban J connectivity index is 0.000000150. The zero-order valence-corrected chi connectivity index (χ0v) is 77.3. The third-order valence-corrected chi connectivity index (χ3v) is 25.7. The van der Waals surface area contributed by atoms with Crippen LogP contribution in [0.25, 0.3) is 0 Å². The van der Waals surface area contributed by atoms with E-state index in [0.29, 0.717) is 79.0 Å². The zero-order chi connectivity index (χ0) is 94.8. The molecule has 12 aromatic carbocycles. The maximum Gasteiger partial charge on any atom is 0.256 e. The summed E-state index contributed by atoms with van der Waals surface area (Å²) in [7, 11) is 0. The molecular weight excluding hydrogens is 1880 g/mol. The highest BCUT2D eigenvalue weighted by atomic mass is 35.5. The van der Waals surface area contributed by atoms with Crippen molar-refractivity contribution in [2.45, 2.75) is 76.3 Å². The summed E-state index contributed by atoms with van der Waals surface area (Å²) < 4.78 is 111. The van der Waals surface area contributed by atoms with Gasteiger partial charge in [-0.25, -0.2) is 35.1 Å². The molecular formula is C100H88Cl8F8N8O8. The van der Waals surface area contributed by atoms with E-state index in [4.69, 9.17) is 92.8 Å². The predicted molar refractivity (Wildman–Crippen MR) is 503 cm³/mol. The zero-order valence-electron chi connectivity index (χ0n) is 71.2. The first-order valence-electron chi connectivity index (χ1n) is 41.8. The number of benzene rings is 12. The molecule has 4 aliphatic heterocycles. The van der Waals surface area contributed by atoms with E-state index in [-0.39, 0.29) is 86.7 Å². The quantitative estimate of drug-likeness (QED) is 0.0675. The van der Waals surface area contributed by atoms with Crippen molar-refractivity contribution in [3.8, 4) is 0 Å². The lowest BCUT2D eigenvalue weighted by Gasteiger charge is -2.44. The summed E-state index contributed by atoms with van der Waals surface area (Å²) in [5, 5.41) is 46.9. The number of nitrogens with zero attached hydrogens (tertiary/aromatic N) is 8. The molecule has 0 saturated carbocycles. The second kappa shape index (κ2) is 44.0. The van der Waals surface area contributed by atoms with Crippen LogP contribution in [0.1, 0.15) is 115 Å². The largest absolute Gasteiger partial charge is 0.378 e. The molecule has 4 saturated heterocycles. The highest BCUT2D eigenvalue weighted by molar-refractivity contribution is 6.35. The Bertz CT molecular complexity index is 6020. The number of carbonyl (C=O) groups is 4. The molecule has 4 unspecified atom stereocenters. The fraction of sp³-hybridized carbons (Fsp3) is 0.240. The number of piperazine rings is 4. The van der Waals surface area contributed by atoms with Crippen LogP contribution in [0.5, 0.6) is 0 Å². The van der Waals surface area contributed by atoms with Gasteiger partial charge in [0.1, 0.15) is 34.9 Å². The van der Waals surface area contributed by atoms with E-state index in [0.717, 1.165) is 116 Å². The van der Waals surface area contributed by atoms with Gasteiger partial charge in [0.2, 0.25) is 0 Å². The number of halogens is 16. The van der Waals surface area contributed by atoms with E-state index in [2.05, 4.69) is 19.6 Å². The molecule has 0 aliphatic carbocycles. The van der Waals surface area contributed by atoms with Crippen molar-refractivity contribution in [2.75, 3.05) is 98.1 Å². The number of aliphatic hydroxyl groups is 4. The minimum Gasteiger partial charge on any atom is -0.378 e. The summed E-state index contributed by atoms with van der Waals surface area (Å²) in [6.07, 6.45) is -7.28. The Kier molecular flexibility index (Phi) is 32.9. The number of hydrogen-bond donors (Lipinski definition) is 4. The van der Waals surface area contributed by atoms with Crippen molar-refractivity contribution in [1.29, 1.82) is 0 Å². The number of amides is 4. The van der Waals surface area contributed by atoms with Crippen LogP contribution in [-0.2, 0) is 19.2 Å². The SMILES string of the molecule is Cc1ccc(N2CCN(C(=O)C(O)c3c(F)cccc3F)C[C@H]2c2ccc(Cl)cc2)c(Cl)c1.Cc1ccc(N2CCN(C(=O)C(O)c3cc(F)ccc3F)C[C@H]2c2ccc(Cl)cc2)c(Cl)c1.Cc1ccc(N2CCN(C(=O)C(O)c3ccc(F)cc3F)C[C@H]2c2ccc(Cl)cc2)c(Cl)c1.Cc1ccc(N2CCN(C(=O)C(O)c3cccc(F)c3F)C[C@H]2c2ccc(Cl)cc2)c(Cl)c1. The number of hydrogen-bond acceptors (Lipinski definition) is 12. The summed E-state index contributed by atoms with van der Waals surface area (Å²) in [4.78, 5) is 66.5. The molecule has 0 bridgehead atoms. The molecule has 4 heterocycles. The number of anilines is 4. The van der Waals surface area contributed by atoms with Crippen LogP contribution in [0.4, 0.5) is 57.9 Å². The Labute approximate surface area is 798 Å². The maximum atomic E-state index is 14.2. The standard InChI is InChI=1S/4C25H22Cl2F2N2O2/c1-15-2-9-22(20(27)12-15)31-11-10-30(14-23(31)16-3-5-17(26)6-4-16)25(33)24(32)19-13-18(28)7-8-21(19)29;1-15-2-9-22(20(27)12-15)31-11-10-30(14-23(31)16-3-5-17(26)6-4-16)25(33)24(32)19-8-7-18(28)13-21(19)29;1-15-5-10-21(18(27)13-15)31-12-11-30(14-22(31)16-6-8-17(26)9-7-16)25(33)24(32)23-19(28)3-2-4-20(23)29;1-15-5-10-21(19(27)13-15)31-12-11-30(14-22(31)16-6-8-17(26)9-7-16)25(33)24(32)18-3-2-4-20(28)23(18)29/h2*2-9,12-13,23-24,32H,10-11,14H2,1H3;2*2-10,13,22,24,32H,11-12,14H2,1H3/t2*23-,24?;2*22-,24?/m0000/s1. The van der Waals surface area contributed by atoms with Crippen molar-refractivity contribution in [2.24, 2.45) is 0 Å². The van der Waals surface area contributed by atoms with Gasteiger partial charge in [0.15, 0.2) is 36.1 Å². The molecule has 0 aromatic heterocycles. The second-order valence-electron chi connectivity index (χ2n) is 32.2. The van der Waals surface area contributed by atoms with Crippen LogP contribution >= 0.6 is 92.8 Å². The fourth-order valence-corrected chi connectivity index (χ4v) is 18.4. The second-order valence-corrected chi connectivity index (χ2v) is 35.6. The molecule has 4 fully saturated rings. The first-order chi connectivity index (χ1) is 63.0. The Morgan fingerprint density at radius 2 is 0.561 bits per heavy atom. The number of aliphatic hydroxyl groups excluding tert-OH is 4. The highest BCUT2D eigenvalue weighted by Gasteiger charge is 2.41. The molecule has 12 aromatic rings. The molecule has 0 spiro atoms. The van der Waals surface area contributed by atoms with Crippen molar-refractivity contribution in [3.63, 3.8) is 0 Å². The number of rotatable bonds is 16. The third-order valence-electron chi connectivity index (χ3n) is 23.4. The lowest BCUT2D eigenvalue weighted by atomic mass is 9.99. The number of carbonyl (C=O) groups excluding carboxylic acids is 4. The van der Waals surface area contributed by atoms with Gasteiger partial charge < -0.3 is 59.6 Å². The van der Waals surface area contributed by atoms with Crippen LogP contribution in [0, 0.1) is 74.2 Å². The molecule has 16 nitrogen and oxygen atoms in total. The van der Waals surface area contributed by atoms with Crippen LogP contribution in [0.15, 0.2) is 243 Å². The van der Waals surface area contributed by atoms with Crippen molar-refractivity contribution < 1.29 is 74.7 Å². The maximum absolute atomic E-state index is 14.2. The van der Waals surface area contributed by atoms with E-state index in [1.807, 2.05) is 149 Å². The average molecular weight is 1970 g/mol. The van der Waals surface area contributed by atoms with Crippen molar-refractivity contribution in [1.82, 2.24) is 19.6 Å². The Hall–Kier alpha value is -10.7. The fourth-order valence-electron chi connectivity index (χ4n) is 16.5. The van der Waals surface area contributed by atoms with Gasteiger partial charge in [-0.2, -0.15) is 0 Å². The summed E-state index contributed by atoms with van der Waals surface area (Å²) in [5.41, 5.74) is 9.35. The van der Waals surface area contributed by atoms with Crippen LogP contribution in [0.2, 0.25) is 40.2 Å². The first-order valence-corrected chi connectivity index (χ1v) is 44.8. The molecule has 8 atom stereocenters. The molecule has 4 N–H and O–H groups in total. The molecule has 132 heavy (non-hydrogen) atoms. The smallest absolute Gasteiger partial charge is 0.256 e. The molecule has 4 aliphatic rings. The van der Waals surface area contributed by atoms with Crippen molar-refractivity contribution in [3.05, 3.63) is 396 Å². The molecule has 0 radical (unpaired) electrons. The minimum absolute atomic E-state index is 0.192. The van der Waals surface area contributed by atoms with E-state index in [1.165, 1.54) is 37.8 Å². The van der Waals surface area contributed by atoms with Gasteiger partial charge in [-0.1, -0.05) is 190 Å². The summed E-state index contributed by atoms with van der Waals surface area (Å²) in [5.74, 6) is -10.3. The van der Waals surface area contributed by atoms with E-state index in [1.54, 1.807) is 48.5 Å². The molecule has 32 heteroatoms.